The van der Waals surface area contributed by atoms with Gasteiger partial charge in [0.05, 0.1) is 0 Å². The molecule has 0 aliphatic carbocycles. The van der Waals surface area contributed by atoms with Gasteiger partial charge in [0.2, 0.25) is 11.8 Å². The molecule has 0 spiro atoms. The van der Waals surface area contributed by atoms with Crippen LogP contribution in [-0.2, 0) is 22.9 Å². The SMILES string of the molecule is CO[Si](CCCNC(=O)CC(N)=O)(OC)OC. The summed E-state index contributed by atoms with van der Waals surface area (Å²) in [6, 6.07) is 0.591. The third kappa shape index (κ3) is 6.37. The lowest BCUT2D eigenvalue weighted by molar-refractivity contribution is -0.127. The predicted molar refractivity (Wildman–Crippen MR) is 63.0 cm³/mol. The molecule has 0 aromatic carbocycles. The van der Waals surface area contributed by atoms with Gasteiger partial charge in [0.15, 0.2) is 0 Å². The molecule has 100 valence electrons. The summed E-state index contributed by atoms with van der Waals surface area (Å²) < 4.78 is 15.6. The Kier molecular flexibility index (Phi) is 7.71. The van der Waals surface area contributed by atoms with Crippen LogP contribution in [0.25, 0.3) is 0 Å². The number of primary amides is 1. The minimum atomic E-state index is -2.56. The first kappa shape index (κ1) is 16.0. The smallest absolute Gasteiger partial charge is 0.377 e. The predicted octanol–water partition coefficient (Wildman–Crippen LogP) is -0.754. The minimum Gasteiger partial charge on any atom is -0.377 e. The van der Waals surface area contributed by atoms with Crippen LogP contribution in [0, 0.1) is 0 Å². The highest BCUT2D eigenvalue weighted by Crippen LogP contribution is 2.14. The van der Waals surface area contributed by atoms with E-state index in [9.17, 15) is 9.59 Å². The van der Waals surface area contributed by atoms with Crippen LogP contribution in [0.5, 0.6) is 0 Å². The van der Waals surface area contributed by atoms with Crippen molar-refractivity contribution in [2.75, 3.05) is 27.9 Å². The normalized spacial score (nSPS) is 11.2. The van der Waals surface area contributed by atoms with Crippen molar-refractivity contribution in [3.63, 3.8) is 0 Å². The van der Waals surface area contributed by atoms with E-state index in [0.717, 1.165) is 0 Å². The zero-order valence-electron chi connectivity index (χ0n) is 10.4. The summed E-state index contributed by atoms with van der Waals surface area (Å²) in [5.74, 6) is -1.02. The Labute approximate surface area is 102 Å². The van der Waals surface area contributed by atoms with Crippen LogP contribution >= 0.6 is 0 Å². The van der Waals surface area contributed by atoms with E-state index in [-0.39, 0.29) is 12.3 Å². The third-order valence-electron chi connectivity index (χ3n) is 2.25. The molecule has 0 fully saturated rings. The van der Waals surface area contributed by atoms with Gasteiger partial charge in [-0.25, -0.2) is 0 Å². The summed E-state index contributed by atoms with van der Waals surface area (Å²) in [5, 5.41) is 2.57. The van der Waals surface area contributed by atoms with Crippen LogP contribution < -0.4 is 11.1 Å². The van der Waals surface area contributed by atoms with E-state index in [2.05, 4.69) is 5.32 Å². The quantitative estimate of drug-likeness (QED) is 0.324. The fourth-order valence-corrected chi connectivity index (χ4v) is 3.03. The molecule has 17 heavy (non-hydrogen) atoms. The maximum absolute atomic E-state index is 11.1. The number of carbonyl (C=O) groups excluding carboxylic acids is 2. The van der Waals surface area contributed by atoms with Crippen LogP contribution in [0.15, 0.2) is 0 Å². The Balaban J connectivity index is 3.83. The Morgan fingerprint density at radius 1 is 1.18 bits per heavy atom. The fourth-order valence-electron chi connectivity index (χ4n) is 1.31. The number of rotatable bonds is 9. The van der Waals surface area contributed by atoms with E-state index >= 15 is 0 Å². The van der Waals surface area contributed by atoms with E-state index < -0.39 is 14.7 Å². The summed E-state index contributed by atoms with van der Waals surface area (Å²) in [7, 11) is 2.03. The van der Waals surface area contributed by atoms with Crippen molar-refractivity contribution in [1.82, 2.24) is 5.32 Å². The first-order valence-corrected chi connectivity index (χ1v) is 7.13. The molecule has 2 amide bonds. The number of nitrogens with two attached hydrogens (primary N) is 1. The standard InChI is InChI=1S/C9H20N2O5Si/c1-14-17(15-2,16-3)6-4-5-11-9(13)7-8(10)12/h4-7H2,1-3H3,(H2,10,12)(H,11,13). The van der Waals surface area contributed by atoms with Crippen LogP contribution in [0.1, 0.15) is 12.8 Å². The summed E-state index contributed by atoms with van der Waals surface area (Å²) >= 11 is 0. The van der Waals surface area contributed by atoms with Gasteiger partial charge in [-0.2, -0.15) is 0 Å². The summed E-state index contributed by atoms with van der Waals surface area (Å²) in [6.45, 7) is 0.428. The topological polar surface area (TPSA) is 99.9 Å². The number of carbonyl (C=O) groups is 2. The Morgan fingerprint density at radius 2 is 1.71 bits per heavy atom. The molecule has 0 bridgehead atoms. The molecule has 0 heterocycles. The lowest BCUT2D eigenvalue weighted by Gasteiger charge is -2.24. The molecule has 7 nitrogen and oxygen atoms in total. The summed E-state index contributed by atoms with van der Waals surface area (Å²) in [5.41, 5.74) is 4.88. The van der Waals surface area contributed by atoms with Gasteiger partial charge in [-0.05, 0) is 6.42 Å². The maximum Gasteiger partial charge on any atom is 0.500 e. The van der Waals surface area contributed by atoms with E-state index in [0.29, 0.717) is 19.0 Å². The number of hydrogen-bond acceptors (Lipinski definition) is 5. The molecule has 0 saturated heterocycles. The largest absolute Gasteiger partial charge is 0.500 e. The second kappa shape index (κ2) is 8.18. The molecule has 3 N–H and O–H groups in total. The minimum absolute atomic E-state index is 0.290. The van der Waals surface area contributed by atoms with Crippen molar-refractivity contribution in [1.29, 1.82) is 0 Å². The first-order valence-electron chi connectivity index (χ1n) is 5.20. The zero-order chi connectivity index (χ0) is 13.3. The van der Waals surface area contributed by atoms with Gasteiger partial charge in [-0.3, -0.25) is 9.59 Å². The van der Waals surface area contributed by atoms with Gasteiger partial charge in [0.25, 0.3) is 0 Å². The lowest BCUT2D eigenvalue weighted by Crippen LogP contribution is -2.43. The molecule has 0 aromatic rings. The molecule has 0 radical (unpaired) electrons. The van der Waals surface area contributed by atoms with Gasteiger partial charge >= 0.3 is 8.80 Å². The lowest BCUT2D eigenvalue weighted by atomic mass is 10.4. The average Bonchev–Trinajstić information content (AvgIpc) is 2.29. The molecular formula is C9H20N2O5Si. The number of amides is 2. The van der Waals surface area contributed by atoms with Crippen LogP contribution in [-0.4, -0.2) is 48.5 Å². The van der Waals surface area contributed by atoms with Crippen molar-refractivity contribution >= 4 is 20.6 Å². The van der Waals surface area contributed by atoms with Crippen molar-refractivity contribution in [3.05, 3.63) is 0 Å². The molecule has 0 aromatic heterocycles. The first-order chi connectivity index (χ1) is 7.99. The molecule has 0 unspecified atom stereocenters. The fraction of sp³-hybridized carbons (Fsp3) is 0.778. The molecule has 0 rings (SSSR count). The van der Waals surface area contributed by atoms with E-state index in [1.165, 1.54) is 21.3 Å². The zero-order valence-corrected chi connectivity index (χ0v) is 11.4. The Morgan fingerprint density at radius 3 is 2.12 bits per heavy atom. The molecule has 8 heteroatoms. The van der Waals surface area contributed by atoms with Gasteiger partial charge in [0.1, 0.15) is 6.42 Å². The molecule has 0 saturated carbocycles. The molecule has 0 aliphatic rings. The average molecular weight is 264 g/mol. The third-order valence-corrected chi connectivity index (χ3v) is 5.08. The highest BCUT2D eigenvalue weighted by atomic mass is 28.4. The van der Waals surface area contributed by atoms with E-state index in [1.807, 2.05) is 0 Å². The van der Waals surface area contributed by atoms with Crippen molar-refractivity contribution in [2.24, 2.45) is 5.73 Å². The Bertz CT molecular complexity index is 250. The highest BCUT2D eigenvalue weighted by Gasteiger charge is 2.36. The molecule has 0 atom stereocenters. The molecule has 0 aliphatic heterocycles. The van der Waals surface area contributed by atoms with Crippen LogP contribution in [0.2, 0.25) is 6.04 Å². The van der Waals surface area contributed by atoms with Gasteiger partial charge < -0.3 is 24.3 Å². The monoisotopic (exact) mass is 264 g/mol. The number of nitrogens with one attached hydrogen (secondary N) is 1. The summed E-state index contributed by atoms with van der Waals surface area (Å²) in [6.07, 6.45) is 0.355. The maximum atomic E-state index is 11.1. The van der Waals surface area contributed by atoms with Crippen LogP contribution in [0.4, 0.5) is 0 Å². The summed E-state index contributed by atoms with van der Waals surface area (Å²) in [4.78, 5) is 21.5. The van der Waals surface area contributed by atoms with Gasteiger partial charge in [-0.15, -0.1) is 0 Å². The van der Waals surface area contributed by atoms with Gasteiger partial charge in [0, 0.05) is 33.9 Å². The van der Waals surface area contributed by atoms with Crippen molar-refractivity contribution < 1.29 is 22.9 Å². The van der Waals surface area contributed by atoms with E-state index in [4.69, 9.17) is 19.0 Å². The second-order valence-corrected chi connectivity index (χ2v) is 6.48. The van der Waals surface area contributed by atoms with Crippen LogP contribution in [0.3, 0.4) is 0 Å². The van der Waals surface area contributed by atoms with E-state index in [1.54, 1.807) is 0 Å². The highest BCUT2D eigenvalue weighted by molar-refractivity contribution is 6.60. The van der Waals surface area contributed by atoms with Crippen molar-refractivity contribution in [2.45, 2.75) is 18.9 Å². The van der Waals surface area contributed by atoms with Gasteiger partial charge in [-0.1, -0.05) is 0 Å². The Hall–Kier alpha value is -0.963. The number of hydrogen-bond donors (Lipinski definition) is 2. The second-order valence-electron chi connectivity index (χ2n) is 3.39. The molecular weight excluding hydrogens is 244 g/mol. The van der Waals surface area contributed by atoms with Crippen molar-refractivity contribution in [3.8, 4) is 0 Å².